The number of rotatable bonds is 6. The molecule has 1 unspecified atom stereocenters. The number of thioether (sulfide) groups is 1. The Balaban J connectivity index is 1.75. The van der Waals surface area contributed by atoms with Crippen LogP contribution in [0.2, 0.25) is 5.02 Å². The summed E-state index contributed by atoms with van der Waals surface area (Å²) >= 11 is 7.42. The zero-order valence-corrected chi connectivity index (χ0v) is 16.1. The second kappa shape index (κ2) is 8.18. The predicted octanol–water partition coefficient (Wildman–Crippen LogP) is 4.31. The van der Waals surface area contributed by atoms with Crippen LogP contribution < -0.4 is 9.47 Å². The molecule has 0 aliphatic carbocycles. The topological polar surface area (TPSA) is 38.8 Å². The third-order valence-electron chi connectivity index (χ3n) is 4.29. The molecule has 138 valence electrons. The molecule has 0 saturated carbocycles. The van der Waals surface area contributed by atoms with Crippen molar-refractivity contribution in [3.05, 3.63) is 58.4 Å². The molecule has 2 aromatic rings. The molecule has 0 radical (unpaired) electrons. The third kappa shape index (κ3) is 3.91. The van der Waals surface area contributed by atoms with E-state index in [1.807, 2.05) is 23.1 Å². The summed E-state index contributed by atoms with van der Waals surface area (Å²) in [6.45, 7) is 0.557. The Hall–Kier alpha value is -1.92. The van der Waals surface area contributed by atoms with Gasteiger partial charge in [-0.15, -0.1) is 11.8 Å². The number of nitrogens with zero attached hydrogens (tertiary/aromatic N) is 1. The van der Waals surface area contributed by atoms with Crippen LogP contribution in [0.1, 0.15) is 16.5 Å². The molecule has 1 atom stereocenters. The fourth-order valence-corrected chi connectivity index (χ4v) is 4.32. The summed E-state index contributed by atoms with van der Waals surface area (Å²) in [5.41, 5.74) is 1.88. The van der Waals surface area contributed by atoms with Crippen LogP contribution >= 0.6 is 23.4 Å². The van der Waals surface area contributed by atoms with Gasteiger partial charge in [-0.05, 0) is 41.8 Å². The average molecular weight is 396 g/mol. The Morgan fingerprint density at radius 2 is 1.96 bits per heavy atom. The van der Waals surface area contributed by atoms with Crippen molar-refractivity contribution in [3.8, 4) is 11.5 Å². The zero-order valence-electron chi connectivity index (χ0n) is 14.5. The van der Waals surface area contributed by atoms with Crippen LogP contribution in [0.3, 0.4) is 0 Å². The van der Waals surface area contributed by atoms with Crippen LogP contribution in [-0.2, 0) is 11.2 Å². The quantitative estimate of drug-likeness (QED) is 0.730. The van der Waals surface area contributed by atoms with Crippen LogP contribution in [0, 0.1) is 5.82 Å². The van der Waals surface area contributed by atoms with Crippen LogP contribution in [0.15, 0.2) is 36.4 Å². The summed E-state index contributed by atoms with van der Waals surface area (Å²) < 4.78 is 24.0. The van der Waals surface area contributed by atoms with Crippen molar-refractivity contribution in [2.45, 2.75) is 11.8 Å². The van der Waals surface area contributed by atoms with Gasteiger partial charge in [0.2, 0.25) is 5.91 Å². The third-order valence-corrected chi connectivity index (χ3v) is 5.83. The molecular weight excluding hydrogens is 377 g/mol. The number of carbonyl (C=O) groups excluding carboxylic acids is 1. The van der Waals surface area contributed by atoms with Crippen LogP contribution in [0.4, 0.5) is 4.39 Å². The van der Waals surface area contributed by atoms with E-state index in [4.69, 9.17) is 21.1 Å². The van der Waals surface area contributed by atoms with E-state index >= 15 is 0 Å². The maximum atomic E-state index is 13.4. The van der Waals surface area contributed by atoms with E-state index in [2.05, 4.69) is 0 Å². The Morgan fingerprint density at radius 1 is 1.19 bits per heavy atom. The molecule has 0 bridgehead atoms. The second-order valence-electron chi connectivity index (χ2n) is 5.86. The van der Waals surface area contributed by atoms with Gasteiger partial charge in [0.25, 0.3) is 0 Å². The number of amides is 1. The summed E-state index contributed by atoms with van der Waals surface area (Å²) in [7, 11) is 3.19. The molecule has 1 aliphatic heterocycles. The molecule has 1 aliphatic rings. The van der Waals surface area contributed by atoms with Crippen LogP contribution in [0.5, 0.6) is 11.5 Å². The largest absolute Gasteiger partial charge is 0.493 e. The Morgan fingerprint density at radius 3 is 2.65 bits per heavy atom. The first-order valence-corrected chi connectivity index (χ1v) is 9.53. The van der Waals surface area contributed by atoms with Gasteiger partial charge in [-0.2, -0.15) is 0 Å². The van der Waals surface area contributed by atoms with Gasteiger partial charge in [-0.1, -0.05) is 23.7 Å². The highest BCUT2D eigenvalue weighted by molar-refractivity contribution is 8.00. The Kier molecular flexibility index (Phi) is 5.94. The van der Waals surface area contributed by atoms with Gasteiger partial charge in [0.15, 0.2) is 11.5 Å². The van der Waals surface area contributed by atoms with Gasteiger partial charge >= 0.3 is 0 Å². The standard InChI is InChI=1S/C19H19ClFNO3S/c1-24-16-6-3-12(9-17(16)25-2)7-8-22-18(23)11-26-19(22)13-4-5-15(21)14(20)10-13/h3-6,9-10,19H,7-8,11H2,1-2H3. The van der Waals surface area contributed by atoms with Crippen molar-refractivity contribution in [3.63, 3.8) is 0 Å². The highest BCUT2D eigenvalue weighted by atomic mass is 35.5. The van der Waals surface area contributed by atoms with Gasteiger partial charge < -0.3 is 14.4 Å². The Bertz CT molecular complexity index is 817. The smallest absolute Gasteiger partial charge is 0.233 e. The SMILES string of the molecule is COc1ccc(CCN2C(=O)CSC2c2ccc(F)c(Cl)c2)cc1OC. The summed E-state index contributed by atoms with van der Waals surface area (Å²) in [6, 6.07) is 10.3. The van der Waals surface area contributed by atoms with E-state index in [0.717, 1.165) is 11.1 Å². The first-order valence-electron chi connectivity index (χ1n) is 8.10. The van der Waals surface area contributed by atoms with E-state index in [9.17, 15) is 9.18 Å². The lowest BCUT2D eigenvalue weighted by molar-refractivity contribution is -0.128. The highest BCUT2D eigenvalue weighted by Crippen LogP contribution is 2.39. The number of methoxy groups -OCH3 is 2. The Labute approximate surface area is 161 Å². The molecule has 7 heteroatoms. The second-order valence-corrected chi connectivity index (χ2v) is 7.34. The van der Waals surface area contributed by atoms with Crippen LogP contribution in [0.25, 0.3) is 0 Å². The van der Waals surface area contributed by atoms with E-state index in [-0.39, 0.29) is 16.3 Å². The normalized spacial score (nSPS) is 16.8. The number of benzene rings is 2. The lowest BCUT2D eigenvalue weighted by Crippen LogP contribution is -2.30. The van der Waals surface area contributed by atoms with Crippen molar-refractivity contribution in [2.75, 3.05) is 26.5 Å². The lowest BCUT2D eigenvalue weighted by Gasteiger charge is -2.24. The van der Waals surface area contributed by atoms with Crippen molar-refractivity contribution >= 4 is 29.3 Å². The van der Waals surface area contributed by atoms with E-state index < -0.39 is 5.82 Å². The van der Waals surface area contributed by atoms with E-state index in [0.29, 0.717) is 30.2 Å². The number of hydrogen-bond acceptors (Lipinski definition) is 4. The fraction of sp³-hybridized carbons (Fsp3) is 0.316. The predicted molar refractivity (Wildman–Crippen MR) is 102 cm³/mol. The van der Waals surface area contributed by atoms with Crippen LogP contribution in [-0.4, -0.2) is 37.3 Å². The summed E-state index contributed by atoms with van der Waals surface area (Å²) in [5, 5.41) is -0.0805. The number of hydrogen-bond donors (Lipinski definition) is 0. The van der Waals surface area contributed by atoms with Gasteiger partial charge in [-0.3, -0.25) is 4.79 Å². The lowest BCUT2D eigenvalue weighted by atomic mass is 10.1. The molecule has 2 aromatic carbocycles. The molecule has 4 nitrogen and oxygen atoms in total. The number of carbonyl (C=O) groups is 1. The zero-order chi connectivity index (χ0) is 18.7. The van der Waals surface area contributed by atoms with E-state index in [1.165, 1.54) is 17.8 Å². The van der Waals surface area contributed by atoms with Gasteiger partial charge in [0, 0.05) is 6.54 Å². The van der Waals surface area contributed by atoms with Gasteiger partial charge in [0.1, 0.15) is 11.2 Å². The monoisotopic (exact) mass is 395 g/mol. The molecular formula is C19H19ClFNO3S. The number of halogens is 2. The van der Waals surface area contributed by atoms with Crippen molar-refractivity contribution in [1.29, 1.82) is 0 Å². The molecule has 1 heterocycles. The first kappa shape index (κ1) is 18.9. The molecule has 0 N–H and O–H groups in total. The van der Waals surface area contributed by atoms with E-state index in [1.54, 1.807) is 26.4 Å². The molecule has 1 fully saturated rings. The molecule has 3 rings (SSSR count). The number of ether oxygens (including phenoxy) is 2. The molecule has 1 saturated heterocycles. The first-order chi connectivity index (χ1) is 12.5. The minimum atomic E-state index is -0.457. The van der Waals surface area contributed by atoms with Gasteiger partial charge in [-0.25, -0.2) is 4.39 Å². The summed E-state index contributed by atoms with van der Waals surface area (Å²) in [4.78, 5) is 14.1. The average Bonchev–Trinajstić information content (AvgIpc) is 3.02. The minimum Gasteiger partial charge on any atom is -0.493 e. The van der Waals surface area contributed by atoms with Gasteiger partial charge in [0.05, 0.1) is 25.0 Å². The molecule has 26 heavy (non-hydrogen) atoms. The maximum Gasteiger partial charge on any atom is 0.233 e. The van der Waals surface area contributed by atoms with Crippen molar-refractivity contribution in [2.24, 2.45) is 0 Å². The minimum absolute atomic E-state index is 0.0703. The summed E-state index contributed by atoms with van der Waals surface area (Å²) in [6.07, 6.45) is 0.679. The van der Waals surface area contributed by atoms with Crippen molar-refractivity contribution < 1.29 is 18.7 Å². The summed E-state index contributed by atoms with van der Waals surface area (Å²) in [5.74, 6) is 1.35. The molecule has 0 aromatic heterocycles. The maximum absolute atomic E-state index is 13.4. The highest BCUT2D eigenvalue weighted by Gasteiger charge is 2.32. The molecule has 0 spiro atoms. The fourth-order valence-electron chi connectivity index (χ4n) is 2.92. The molecule has 1 amide bonds. The van der Waals surface area contributed by atoms with Crippen molar-refractivity contribution in [1.82, 2.24) is 4.90 Å².